The summed E-state index contributed by atoms with van der Waals surface area (Å²) < 4.78 is 15.6. The zero-order valence-corrected chi connectivity index (χ0v) is 23.3. The van der Waals surface area contributed by atoms with Crippen LogP contribution in [0.2, 0.25) is 0 Å². The minimum absolute atomic E-state index is 0.0332. The summed E-state index contributed by atoms with van der Waals surface area (Å²) in [6.45, 7) is 15.6. The van der Waals surface area contributed by atoms with E-state index in [9.17, 15) is 29.4 Å². The van der Waals surface area contributed by atoms with Crippen LogP contribution >= 0.6 is 0 Å². The van der Waals surface area contributed by atoms with E-state index in [1.807, 2.05) is 0 Å². The van der Waals surface area contributed by atoms with Crippen LogP contribution in [0.25, 0.3) is 0 Å². The van der Waals surface area contributed by atoms with Crippen LogP contribution in [0.4, 0.5) is 9.59 Å². The van der Waals surface area contributed by atoms with E-state index >= 15 is 0 Å². The summed E-state index contributed by atoms with van der Waals surface area (Å²) in [5.74, 6) is -2.01. The average Bonchev–Trinajstić information content (AvgIpc) is 2.61. The number of aliphatic carboxylic acids is 1. The summed E-state index contributed by atoms with van der Waals surface area (Å²) >= 11 is 0. The molecule has 11 heteroatoms. The molecule has 0 aromatic heterocycles. The summed E-state index contributed by atoms with van der Waals surface area (Å²) in [5.41, 5.74) is -3.86. The quantitative estimate of drug-likeness (QED) is 0.171. The number of aliphatic hydroxyl groups excluding tert-OH is 1. The summed E-state index contributed by atoms with van der Waals surface area (Å²) in [7, 11) is 0. The van der Waals surface area contributed by atoms with Crippen LogP contribution in [0.1, 0.15) is 94.4 Å². The van der Waals surface area contributed by atoms with E-state index in [4.69, 9.17) is 14.2 Å². The van der Waals surface area contributed by atoms with E-state index in [1.165, 1.54) is 0 Å². The van der Waals surface area contributed by atoms with E-state index in [1.54, 1.807) is 62.3 Å². The number of aliphatic hydroxyl groups is 1. The molecule has 0 aromatic carbocycles. The van der Waals surface area contributed by atoms with Gasteiger partial charge in [0.15, 0.2) is 0 Å². The van der Waals surface area contributed by atoms with Crippen molar-refractivity contribution in [2.75, 3.05) is 13.1 Å². The molecule has 1 unspecified atom stereocenters. The van der Waals surface area contributed by atoms with Crippen molar-refractivity contribution < 1.29 is 43.6 Å². The first-order chi connectivity index (χ1) is 16.2. The lowest BCUT2D eigenvalue weighted by atomic mass is 9.73. The molecule has 0 aromatic rings. The van der Waals surface area contributed by atoms with Crippen molar-refractivity contribution in [3.8, 4) is 0 Å². The maximum Gasteiger partial charge on any atom is 0.407 e. The molecule has 0 aliphatic rings. The van der Waals surface area contributed by atoms with Crippen molar-refractivity contribution in [1.29, 1.82) is 0 Å². The van der Waals surface area contributed by atoms with Crippen molar-refractivity contribution in [1.82, 2.24) is 10.6 Å². The molecule has 1 atom stereocenters. The van der Waals surface area contributed by atoms with Gasteiger partial charge < -0.3 is 35.1 Å². The zero-order chi connectivity index (χ0) is 28.4. The highest BCUT2D eigenvalue weighted by Crippen LogP contribution is 2.36. The summed E-state index contributed by atoms with van der Waals surface area (Å²) in [4.78, 5) is 48.5. The van der Waals surface area contributed by atoms with Gasteiger partial charge in [-0.1, -0.05) is 0 Å². The largest absolute Gasteiger partial charge is 0.481 e. The molecule has 0 spiro atoms. The minimum atomic E-state index is -1.71. The van der Waals surface area contributed by atoms with E-state index in [-0.39, 0.29) is 38.8 Å². The van der Waals surface area contributed by atoms with E-state index in [2.05, 4.69) is 10.6 Å². The van der Waals surface area contributed by atoms with Gasteiger partial charge in [0.05, 0.1) is 17.9 Å². The fourth-order valence-electron chi connectivity index (χ4n) is 3.37. The molecule has 0 saturated heterocycles. The number of carbonyl (C=O) groups is 4. The smallest absolute Gasteiger partial charge is 0.407 e. The lowest BCUT2D eigenvalue weighted by Gasteiger charge is -2.34. The number of carbonyl (C=O) groups excluding carboxylic acids is 3. The predicted octanol–water partition coefficient (Wildman–Crippen LogP) is 3.76. The van der Waals surface area contributed by atoms with Crippen LogP contribution in [0, 0.1) is 5.41 Å². The lowest BCUT2D eigenvalue weighted by Crippen LogP contribution is -2.45. The molecule has 0 fully saturated rings. The lowest BCUT2D eigenvalue weighted by molar-refractivity contribution is -0.166. The van der Waals surface area contributed by atoms with Gasteiger partial charge in [0.1, 0.15) is 16.8 Å². The van der Waals surface area contributed by atoms with Crippen molar-refractivity contribution in [3.05, 3.63) is 0 Å². The van der Waals surface area contributed by atoms with Crippen LogP contribution in [0.3, 0.4) is 0 Å². The number of amides is 2. The predicted molar refractivity (Wildman–Crippen MR) is 133 cm³/mol. The Morgan fingerprint density at radius 3 is 1.36 bits per heavy atom. The van der Waals surface area contributed by atoms with Gasteiger partial charge in [-0.25, -0.2) is 9.59 Å². The number of nitrogens with one attached hydrogen (secondary N) is 2. The molecule has 0 aliphatic carbocycles. The van der Waals surface area contributed by atoms with E-state index in [0.717, 1.165) is 0 Å². The molecule has 36 heavy (non-hydrogen) atoms. The van der Waals surface area contributed by atoms with Gasteiger partial charge in [0.25, 0.3) is 0 Å². The normalized spacial score (nSPS) is 13.4. The third-order valence-electron chi connectivity index (χ3n) is 4.78. The molecule has 0 saturated carbocycles. The Labute approximate surface area is 214 Å². The van der Waals surface area contributed by atoms with Crippen LogP contribution in [0.15, 0.2) is 0 Å². The van der Waals surface area contributed by atoms with E-state index < -0.39 is 58.9 Å². The van der Waals surface area contributed by atoms with Gasteiger partial charge in [0.2, 0.25) is 0 Å². The topological polar surface area (TPSA) is 160 Å². The van der Waals surface area contributed by atoms with Gasteiger partial charge in [-0.05, 0) is 88.0 Å². The first kappa shape index (κ1) is 33.4. The summed E-state index contributed by atoms with van der Waals surface area (Å²) in [5, 5.41) is 26.2. The number of ether oxygens (including phenoxy) is 3. The van der Waals surface area contributed by atoms with Gasteiger partial charge in [-0.15, -0.1) is 0 Å². The van der Waals surface area contributed by atoms with Crippen LogP contribution in [-0.2, 0) is 23.8 Å². The molecule has 0 heterocycles. The Hall–Kier alpha value is -2.56. The molecule has 0 bridgehead atoms. The molecular weight excluding hydrogens is 472 g/mol. The first-order valence-corrected chi connectivity index (χ1v) is 12.2. The molecule has 0 radical (unpaired) electrons. The monoisotopic (exact) mass is 518 g/mol. The van der Waals surface area contributed by atoms with Crippen molar-refractivity contribution in [2.24, 2.45) is 5.41 Å². The van der Waals surface area contributed by atoms with E-state index in [0.29, 0.717) is 0 Å². The van der Waals surface area contributed by atoms with Gasteiger partial charge >= 0.3 is 24.1 Å². The SMILES string of the molecule is CC(C)(C)OC(=O)CC(O)C(CCCNC(=O)OC(C)(C)C)(CCCNC(=O)OC(C)(C)C)C(=O)O. The third-order valence-corrected chi connectivity index (χ3v) is 4.78. The Balaban J connectivity index is 5.36. The van der Waals surface area contributed by atoms with Crippen LogP contribution in [0.5, 0.6) is 0 Å². The second kappa shape index (κ2) is 13.7. The molecule has 0 rings (SSSR count). The molecular formula is C25H46N2O9. The number of hydrogen-bond donors (Lipinski definition) is 4. The highest BCUT2D eigenvalue weighted by molar-refractivity contribution is 5.78. The number of carboxylic acid groups (broad SMARTS) is 1. The van der Waals surface area contributed by atoms with Crippen molar-refractivity contribution in [2.45, 2.75) is 117 Å². The number of rotatable bonds is 12. The Kier molecular flexibility index (Phi) is 12.7. The van der Waals surface area contributed by atoms with Gasteiger partial charge in [0, 0.05) is 13.1 Å². The molecule has 210 valence electrons. The molecule has 11 nitrogen and oxygen atoms in total. The fraction of sp³-hybridized carbons (Fsp3) is 0.840. The highest BCUT2D eigenvalue weighted by Gasteiger charge is 2.45. The fourth-order valence-corrected chi connectivity index (χ4v) is 3.37. The second-order valence-corrected chi connectivity index (χ2v) is 11.8. The van der Waals surface area contributed by atoms with Gasteiger partial charge in [-0.3, -0.25) is 9.59 Å². The Morgan fingerprint density at radius 2 is 1.06 bits per heavy atom. The van der Waals surface area contributed by atoms with Crippen molar-refractivity contribution in [3.63, 3.8) is 0 Å². The average molecular weight is 519 g/mol. The first-order valence-electron chi connectivity index (χ1n) is 12.2. The standard InChI is InChI=1S/C25H46N2O9/c1-22(2,3)34-18(29)16-17(28)25(19(30)31,12-10-14-26-20(32)35-23(4,5)6)13-11-15-27-21(33)36-24(7,8)9/h17,28H,10-16H2,1-9H3,(H,26,32)(H,27,33)(H,30,31). The van der Waals surface area contributed by atoms with Crippen LogP contribution in [-0.4, -0.2) is 70.3 Å². The maximum atomic E-state index is 12.4. The molecule has 4 N–H and O–H groups in total. The third kappa shape index (κ3) is 14.8. The molecule has 2 amide bonds. The number of carboxylic acids is 1. The Bertz CT molecular complexity index is 710. The van der Waals surface area contributed by atoms with Crippen molar-refractivity contribution >= 4 is 24.1 Å². The number of alkyl carbamates (subject to hydrolysis) is 2. The number of hydrogen-bond acceptors (Lipinski definition) is 8. The zero-order valence-electron chi connectivity index (χ0n) is 23.3. The van der Waals surface area contributed by atoms with Crippen LogP contribution < -0.4 is 10.6 Å². The Morgan fingerprint density at radius 1 is 0.694 bits per heavy atom. The number of esters is 1. The highest BCUT2D eigenvalue weighted by atomic mass is 16.6. The summed E-state index contributed by atoms with van der Waals surface area (Å²) in [6.07, 6.45) is -3.00. The summed E-state index contributed by atoms with van der Waals surface area (Å²) in [6, 6.07) is 0. The maximum absolute atomic E-state index is 12.4. The van der Waals surface area contributed by atoms with Gasteiger partial charge in [-0.2, -0.15) is 0 Å². The minimum Gasteiger partial charge on any atom is -0.481 e. The molecule has 0 aliphatic heterocycles. The second-order valence-electron chi connectivity index (χ2n) is 11.8.